The number of nitrogens with zero attached hydrogens (tertiary/aromatic N) is 2. The molecule has 0 radical (unpaired) electrons. The Morgan fingerprint density at radius 3 is 0.905 bits per heavy atom. The van der Waals surface area contributed by atoms with Crippen LogP contribution in [0, 0.1) is 0 Å². The van der Waals surface area contributed by atoms with Crippen molar-refractivity contribution in [1.82, 2.24) is 0 Å². The van der Waals surface area contributed by atoms with Gasteiger partial charge in [-0.15, -0.1) is 26.2 Å². The second-order valence-electron chi connectivity index (χ2n) is 4.83. The quantitative estimate of drug-likeness (QED) is 0.253. The minimum atomic E-state index is -0.556. The summed E-state index contributed by atoms with van der Waals surface area (Å²) in [5, 5.41) is 8.70. The van der Waals surface area contributed by atoms with E-state index in [-0.39, 0.29) is 0 Å². The van der Waals surface area contributed by atoms with Gasteiger partial charge in [0.15, 0.2) is 0 Å². The summed E-state index contributed by atoms with van der Waals surface area (Å²) in [7, 11) is 9.78. The van der Waals surface area contributed by atoms with Gasteiger partial charge in [0.2, 0.25) is 0 Å². The first-order chi connectivity index (χ1) is 10.2. The molecule has 0 aromatic rings. The molecule has 0 aromatic carbocycles. The van der Waals surface area contributed by atoms with Gasteiger partial charge in [0.05, 0.1) is 0 Å². The molecular formula is C16H36Cl2N2Ti-2. The SMILES string of the molecule is CCCC[N-]CCCC.CCCC[N-]CCCC.[Cl][Ti][Cl]. The average Bonchev–Trinajstić information content (AvgIpc) is 2.49. The van der Waals surface area contributed by atoms with Crippen LogP contribution in [0.4, 0.5) is 0 Å². The summed E-state index contributed by atoms with van der Waals surface area (Å²) in [6, 6.07) is 0. The standard InChI is InChI=1S/2C8H18N.2ClH.Ti/c2*1-3-5-7-9-8-6-4-2;;;/h2*3-8H2,1-2H3;2*1H;/q2*-1;;;+2/p-2. The van der Waals surface area contributed by atoms with Crippen LogP contribution < -0.4 is 0 Å². The molecule has 0 bridgehead atoms. The van der Waals surface area contributed by atoms with E-state index in [9.17, 15) is 0 Å². The summed E-state index contributed by atoms with van der Waals surface area (Å²) >= 11 is -0.556. The zero-order valence-electron chi connectivity index (χ0n) is 14.6. The molecule has 5 heteroatoms. The molecule has 0 fully saturated rings. The third kappa shape index (κ3) is 44.9. The van der Waals surface area contributed by atoms with Crippen molar-refractivity contribution in [3.05, 3.63) is 10.6 Å². The van der Waals surface area contributed by atoms with Crippen LogP contribution in [0.3, 0.4) is 0 Å². The van der Waals surface area contributed by atoms with E-state index in [2.05, 4.69) is 38.3 Å². The Balaban J connectivity index is -0.000000260. The predicted molar refractivity (Wildman–Crippen MR) is 97.5 cm³/mol. The van der Waals surface area contributed by atoms with E-state index in [0.29, 0.717) is 0 Å². The molecule has 0 saturated carbocycles. The number of unbranched alkanes of at least 4 members (excludes halogenated alkanes) is 4. The van der Waals surface area contributed by atoms with E-state index < -0.39 is 17.0 Å². The predicted octanol–water partition coefficient (Wildman–Crippen LogP) is 7.30. The molecule has 2 nitrogen and oxygen atoms in total. The zero-order valence-corrected chi connectivity index (χ0v) is 17.7. The molecule has 0 spiro atoms. The first kappa shape index (κ1) is 27.1. The Bertz CT molecular complexity index is 115. The number of rotatable bonds is 12. The van der Waals surface area contributed by atoms with E-state index in [1.165, 1.54) is 51.4 Å². The van der Waals surface area contributed by atoms with Crippen molar-refractivity contribution < 1.29 is 17.0 Å². The second-order valence-corrected chi connectivity index (χ2v) is 7.41. The van der Waals surface area contributed by atoms with Crippen molar-refractivity contribution >= 4 is 18.6 Å². The Morgan fingerprint density at radius 2 is 0.762 bits per heavy atom. The molecular weight excluding hydrogens is 339 g/mol. The fraction of sp³-hybridized carbons (Fsp3) is 1.00. The van der Waals surface area contributed by atoms with E-state index >= 15 is 0 Å². The van der Waals surface area contributed by atoms with Crippen molar-refractivity contribution in [2.24, 2.45) is 0 Å². The van der Waals surface area contributed by atoms with Crippen LogP contribution in [0.2, 0.25) is 0 Å². The maximum absolute atomic E-state index is 4.89. The first-order valence-electron chi connectivity index (χ1n) is 8.47. The molecule has 0 atom stereocenters. The van der Waals surface area contributed by atoms with Crippen LogP contribution in [0.1, 0.15) is 79.1 Å². The fourth-order valence-electron chi connectivity index (χ4n) is 1.30. The number of hydrogen-bond donors (Lipinski definition) is 0. The fourth-order valence-corrected chi connectivity index (χ4v) is 1.30. The van der Waals surface area contributed by atoms with Crippen LogP contribution in [-0.4, -0.2) is 26.2 Å². The van der Waals surface area contributed by atoms with Gasteiger partial charge in [-0.1, -0.05) is 79.1 Å². The third-order valence-electron chi connectivity index (χ3n) is 2.68. The number of halogens is 2. The van der Waals surface area contributed by atoms with Gasteiger partial charge >= 0.3 is 35.6 Å². The van der Waals surface area contributed by atoms with E-state index in [0.717, 1.165) is 26.2 Å². The van der Waals surface area contributed by atoms with E-state index in [1.807, 2.05) is 0 Å². The van der Waals surface area contributed by atoms with Gasteiger partial charge in [0.1, 0.15) is 0 Å². The van der Waals surface area contributed by atoms with Gasteiger partial charge < -0.3 is 10.6 Å². The minimum absolute atomic E-state index is 0.556. The topological polar surface area (TPSA) is 28.2 Å². The molecule has 0 aliphatic rings. The molecule has 21 heavy (non-hydrogen) atoms. The normalized spacial score (nSPS) is 9.24. The summed E-state index contributed by atoms with van der Waals surface area (Å²) < 4.78 is 0. The molecule has 0 aliphatic carbocycles. The Labute approximate surface area is 151 Å². The van der Waals surface area contributed by atoms with Gasteiger partial charge in [-0.25, -0.2) is 0 Å². The summed E-state index contributed by atoms with van der Waals surface area (Å²) in [5.74, 6) is 0. The molecule has 130 valence electrons. The monoisotopic (exact) mass is 374 g/mol. The molecule has 0 heterocycles. The van der Waals surface area contributed by atoms with Gasteiger partial charge in [-0.3, -0.25) is 0 Å². The summed E-state index contributed by atoms with van der Waals surface area (Å²) in [5.41, 5.74) is 0. The molecule has 0 unspecified atom stereocenters. The van der Waals surface area contributed by atoms with Crippen molar-refractivity contribution in [3.63, 3.8) is 0 Å². The first-order valence-corrected chi connectivity index (χ1v) is 12.8. The average molecular weight is 375 g/mol. The van der Waals surface area contributed by atoms with Gasteiger partial charge in [0, 0.05) is 0 Å². The summed E-state index contributed by atoms with van der Waals surface area (Å²) in [6.45, 7) is 13.1. The molecule has 0 aromatic heterocycles. The van der Waals surface area contributed by atoms with Crippen molar-refractivity contribution in [2.45, 2.75) is 79.1 Å². The third-order valence-corrected chi connectivity index (χ3v) is 2.68. The van der Waals surface area contributed by atoms with Gasteiger partial charge in [-0.05, 0) is 0 Å². The maximum atomic E-state index is 4.89. The van der Waals surface area contributed by atoms with E-state index in [1.54, 1.807) is 0 Å². The molecule has 0 aliphatic heterocycles. The Hall–Kier alpha value is 1.21. The molecule has 0 rings (SSSR count). The van der Waals surface area contributed by atoms with Crippen LogP contribution in [0.5, 0.6) is 0 Å². The number of hydrogen-bond acceptors (Lipinski definition) is 0. The van der Waals surface area contributed by atoms with Crippen LogP contribution in [0.25, 0.3) is 10.6 Å². The van der Waals surface area contributed by atoms with Gasteiger partial charge in [0.25, 0.3) is 0 Å². The molecule has 0 N–H and O–H groups in total. The Kier molecular flexibility index (Phi) is 42.5. The molecule has 0 amide bonds. The van der Waals surface area contributed by atoms with Crippen molar-refractivity contribution in [3.8, 4) is 0 Å². The Morgan fingerprint density at radius 1 is 0.571 bits per heavy atom. The summed E-state index contributed by atoms with van der Waals surface area (Å²) in [4.78, 5) is 0. The van der Waals surface area contributed by atoms with E-state index in [4.69, 9.17) is 18.6 Å². The van der Waals surface area contributed by atoms with Gasteiger partial charge in [-0.2, -0.15) is 0 Å². The zero-order chi connectivity index (χ0) is 16.6. The van der Waals surface area contributed by atoms with Crippen LogP contribution in [-0.2, 0) is 17.0 Å². The summed E-state index contributed by atoms with van der Waals surface area (Å²) in [6.07, 6.45) is 10.2. The van der Waals surface area contributed by atoms with Crippen LogP contribution in [0.15, 0.2) is 0 Å². The van der Waals surface area contributed by atoms with Crippen molar-refractivity contribution in [2.75, 3.05) is 26.2 Å². The second kappa shape index (κ2) is 33.0. The van der Waals surface area contributed by atoms with Crippen molar-refractivity contribution in [1.29, 1.82) is 0 Å². The molecule has 0 saturated heterocycles. The van der Waals surface area contributed by atoms with Crippen LogP contribution >= 0.6 is 18.6 Å².